The highest BCUT2D eigenvalue weighted by molar-refractivity contribution is 5.98. The Labute approximate surface area is 216 Å². The van der Waals surface area contributed by atoms with Gasteiger partial charge in [0.05, 0.1) is 17.0 Å². The van der Waals surface area contributed by atoms with Gasteiger partial charge in [-0.2, -0.15) is 5.10 Å². The van der Waals surface area contributed by atoms with E-state index in [9.17, 15) is 23.5 Å². The summed E-state index contributed by atoms with van der Waals surface area (Å²) in [5.74, 6) is -1.85. The second-order valence-corrected chi connectivity index (χ2v) is 9.26. The average Bonchev–Trinajstić information content (AvgIpc) is 3.31. The number of amides is 2. The number of likely N-dealkylation sites (tertiary alicyclic amines) is 1. The smallest absolute Gasteiger partial charge is 0.407 e. The number of nitrogens with zero attached hydrogens (tertiary/aromatic N) is 6. The molecule has 5 rings (SSSR count). The number of anilines is 1. The van der Waals surface area contributed by atoms with E-state index in [0.29, 0.717) is 36.2 Å². The summed E-state index contributed by atoms with van der Waals surface area (Å²) in [6, 6.07) is 9.82. The summed E-state index contributed by atoms with van der Waals surface area (Å²) in [4.78, 5) is 35.4. The van der Waals surface area contributed by atoms with Crippen LogP contribution in [0.15, 0.2) is 48.8 Å². The van der Waals surface area contributed by atoms with Gasteiger partial charge in [-0.05, 0) is 36.6 Å². The van der Waals surface area contributed by atoms with Crippen molar-refractivity contribution in [3.05, 3.63) is 71.6 Å². The molecule has 2 amide bonds. The van der Waals surface area contributed by atoms with E-state index in [1.807, 2.05) is 12.1 Å². The Bertz CT molecular complexity index is 1520. The van der Waals surface area contributed by atoms with E-state index in [0.717, 1.165) is 35.7 Å². The number of rotatable bonds is 5. The van der Waals surface area contributed by atoms with Crippen LogP contribution in [0.25, 0.3) is 22.3 Å². The van der Waals surface area contributed by atoms with Gasteiger partial charge < -0.3 is 20.6 Å². The Balaban J connectivity index is 1.42. The predicted molar refractivity (Wildman–Crippen MR) is 135 cm³/mol. The molecule has 12 heteroatoms. The van der Waals surface area contributed by atoms with Gasteiger partial charge in [-0.15, -0.1) is 0 Å². The maximum atomic E-state index is 14.0. The van der Waals surface area contributed by atoms with Gasteiger partial charge in [-0.25, -0.2) is 28.2 Å². The van der Waals surface area contributed by atoms with E-state index in [2.05, 4.69) is 9.97 Å². The van der Waals surface area contributed by atoms with E-state index in [1.54, 1.807) is 16.8 Å². The van der Waals surface area contributed by atoms with Crippen LogP contribution in [0.4, 0.5) is 19.4 Å². The van der Waals surface area contributed by atoms with Crippen molar-refractivity contribution in [1.29, 1.82) is 0 Å². The topological polar surface area (TPSA) is 130 Å². The molecule has 1 atom stereocenters. The Kier molecular flexibility index (Phi) is 6.62. The quantitative estimate of drug-likeness (QED) is 0.407. The molecule has 0 aliphatic carbocycles. The minimum atomic E-state index is -0.972. The molecule has 1 aliphatic rings. The third kappa shape index (κ3) is 4.72. The Hall–Kier alpha value is -4.61. The predicted octanol–water partition coefficient (Wildman–Crippen LogP) is 3.94. The van der Waals surface area contributed by atoms with Crippen LogP contribution in [0.2, 0.25) is 0 Å². The zero-order chi connectivity index (χ0) is 27.0. The second kappa shape index (κ2) is 10.0. The van der Waals surface area contributed by atoms with E-state index in [4.69, 9.17) is 10.8 Å². The van der Waals surface area contributed by atoms with E-state index >= 15 is 0 Å². The zero-order valence-electron chi connectivity index (χ0n) is 20.5. The lowest BCUT2D eigenvalue weighted by Crippen LogP contribution is -2.40. The van der Waals surface area contributed by atoms with Gasteiger partial charge in [-0.1, -0.05) is 24.3 Å². The average molecular weight is 522 g/mol. The molecule has 3 heterocycles. The summed E-state index contributed by atoms with van der Waals surface area (Å²) in [6.45, 7) is 0.933. The number of hydrogen-bond acceptors (Lipinski definition) is 6. The molecule has 0 saturated carbocycles. The van der Waals surface area contributed by atoms with Gasteiger partial charge in [0, 0.05) is 32.2 Å². The van der Waals surface area contributed by atoms with Crippen molar-refractivity contribution in [2.45, 2.75) is 25.4 Å². The molecule has 3 N–H and O–H groups in total. The van der Waals surface area contributed by atoms with Gasteiger partial charge in [0.2, 0.25) is 0 Å². The largest absolute Gasteiger partial charge is 0.465 e. The first-order valence-corrected chi connectivity index (χ1v) is 12.0. The van der Waals surface area contributed by atoms with Crippen LogP contribution in [0, 0.1) is 11.6 Å². The molecule has 38 heavy (non-hydrogen) atoms. The number of nitrogens with two attached hydrogens (primary N) is 1. The van der Waals surface area contributed by atoms with Gasteiger partial charge in [0.25, 0.3) is 5.91 Å². The molecule has 10 nitrogen and oxygen atoms in total. The zero-order valence-corrected chi connectivity index (χ0v) is 20.5. The third-order valence-corrected chi connectivity index (χ3v) is 6.68. The summed E-state index contributed by atoms with van der Waals surface area (Å²) >= 11 is 0. The van der Waals surface area contributed by atoms with Crippen LogP contribution in [0.3, 0.4) is 0 Å². The number of halogens is 2. The van der Waals surface area contributed by atoms with Crippen molar-refractivity contribution < 1.29 is 23.5 Å². The first-order chi connectivity index (χ1) is 18.2. The molecule has 1 fully saturated rings. The number of carboxylic acid groups (broad SMARTS) is 1. The second-order valence-electron chi connectivity index (χ2n) is 9.26. The van der Waals surface area contributed by atoms with Gasteiger partial charge in [0.1, 0.15) is 29.5 Å². The maximum absolute atomic E-state index is 14.0. The minimum absolute atomic E-state index is 0.169. The van der Waals surface area contributed by atoms with Crippen LogP contribution < -0.4 is 5.73 Å². The summed E-state index contributed by atoms with van der Waals surface area (Å²) in [5, 5.41) is 14.8. The van der Waals surface area contributed by atoms with Crippen molar-refractivity contribution in [3.63, 3.8) is 0 Å². The first kappa shape index (κ1) is 25.1. The fourth-order valence-corrected chi connectivity index (χ4v) is 4.76. The first-order valence-electron chi connectivity index (χ1n) is 12.0. The van der Waals surface area contributed by atoms with E-state index < -0.39 is 23.6 Å². The molecule has 1 aliphatic heterocycles. The van der Waals surface area contributed by atoms with Crippen molar-refractivity contribution in [3.8, 4) is 11.3 Å². The Morgan fingerprint density at radius 2 is 1.92 bits per heavy atom. The molecule has 2 aromatic heterocycles. The normalized spacial score (nSPS) is 15.6. The van der Waals surface area contributed by atoms with Crippen LogP contribution in [0.5, 0.6) is 0 Å². The van der Waals surface area contributed by atoms with Gasteiger partial charge in [0.15, 0.2) is 5.65 Å². The minimum Gasteiger partial charge on any atom is -0.465 e. The number of nitrogen functional groups attached to an aromatic ring is 1. The molecule has 0 unspecified atom stereocenters. The lowest BCUT2D eigenvalue weighted by atomic mass is 10.1. The molecule has 196 valence electrons. The molecule has 4 aromatic rings. The van der Waals surface area contributed by atoms with E-state index in [-0.39, 0.29) is 24.0 Å². The number of benzene rings is 2. The molecule has 0 spiro atoms. The third-order valence-electron chi connectivity index (χ3n) is 6.68. The highest BCUT2D eigenvalue weighted by Crippen LogP contribution is 2.34. The fourth-order valence-electron chi connectivity index (χ4n) is 4.76. The van der Waals surface area contributed by atoms with Crippen LogP contribution in [0.1, 0.15) is 34.8 Å². The number of carbonyl (C=O) groups excluding carboxylic acids is 1. The maximum Gasteiger partial charge on any atom is 0.407 e. The Morgan fingerprint density at radius 3 is 2.66 bits per heavy atom. The standard InChI is InChI=1S/C26H25F2N7O3/c1-33(25(36)19-11-17(27)8-9-20(19)28)12-15-4-6-16(7-5-15)22-21-23(29)30-14-31-24(21)35(32-22)18-3-2-10-34(13-18)26(37)38/h4-9,11,14,18H,2-3,10,12-13H2,1H3,(H,37,38)(H2,29,30,31)/t18-/m1/s1. The lowest BCUT2D eigenvalue weighted by Gasteiger charge is -2.30. The van der Waals surface area contributed by atoms with Gasteiger partial charge in [-0.3, -0.25) is 4.79 Å². The van der Waals surface area contributed by atoms with Crippen molar-refractivity contribution in [1.82, 2.24) is 29.5 Å². The summed E-state index contributed by atoms with van der Waals surface area (Å²) < 4.78 is 29.3. The number of aromatic nitrogens is 4. The monoisotopic (exact) mass is 521 g/mol. The SMILES string of the molecule is CN(Cc1ccc(-c2nn([C@@H]3CCCN(C(=O)O)C3)c3ncnc(N)c23)cc1)C(=O)c1cc(F)ccc1F. The number of piperidine rings is 1. The Morgan fingerprint density at radius 1 is 1.16 bits per heavy atom. The summed E-state index contributed by atoms with van der Waals surface area (Å²) in [6.07, 6.45) is 1.83. The molecule has 2 aromatic carbocycles. The number of fused-ring (bicyclic) bond motifs is 1. The highest BCUT2D eigenvalue weighted by Gasteiger charge is 2.28. The molecular formula is C26H25F2N7O3. The van der Waals surface area contributed by atoms with Crippen molar-refractivity contribution >= 4 is 28.9 Å². The highest BCUT2D eigenvalue weighted by atomic mass is 19.1. The fraction of sp³-hybridized carbons (Fsp3) is 0.269. The number of hydrogen-bond donors (Lipinski definition) is 2. The lowest BCUT2D eigenvalue weighted by molar-refractivity contribution is 0.0779. The van der Waals surface area contributed by atoms with E-state index in [1.165, 1.54) is 23.2 Å². The van der Waals surface area contributed by atoms with Crippen molar-refractivity contribution in [2.75, 3.05) is 25.9 Å². The molecular weight excluding hydrogens is 496 g/mol. The van der Waals surface area contributed by atoms with Crippen molar-refractivity contribution in [2.24, 2.45) is 0 Å². The molecule has 1 saturated heterocycles. The number of carbonyl (C=O) groups is 2. The molecule has 0 bridgehead atoms. The molecule has 0 radical (unpaired) electrons. The van der Waals surface area contributed by atoms with Crippen LogP contribution in [-0.2, 0) is 6.54 Å². The van der Waals surface area contributed by atoms with Crippen LogP contribution in [-0.4, -0.2) is 66.8 Å². The van der Waals surface area contributed by atoms with Crippen LogP contribution >= 0.6 is 0 Å². The summed E-state index contributed by atoms with van der Waals surface area (Å²) in [7, 11) is 1.51. The summed E-state index contributed by atoms with van der Waals surface area (Å²) in [5.41, 5.74) is 8.45. The van der Waals surface area contributed by atoms with Gasteiger partial charge >= 0.3 is 6.09 Å².